The minimum atomic E-state index is -0.411. The van der Waals surface area contributed by atoms with E-state index in [1.54, 1.807) is 30.3 Å². The SMILES string of the molecule is N#CCC(=O)Nc1cccc2oc3ccc(F)cc3c12. The molecule has 0 unspecified atom stereocenters. The van der Waals surface area contributed by atoms with E-state index in [2.05, 4.69) is 5.32 Å². The Kier molecular flexibility index (Phi) is 2.84. The van der Waals surface area contributed by atoms with E-state index in [9.17, 15) is 9.18 Å². The van der Waals surface area contributed by atoms with Crippen molar-refractivity contribution in [1.29, 1.82) is 5.26 Å². The Hall–Kier alpha value is -2.87. The Balaban J connectivity index is 2.22. The summed E-state index contributed by atoms with van der Waals surface area (Å²) in [5.74, 6) is -0.788. The van der Waals surface area contributed by atoms with Crippen LogP contribution in [0.5, 0.6) is 0 Å². The predicted molar refractivity (Wildman–Crippen MR) is 72.5 cm³/mol. The van der Waals surface area contributed by atoms with E-state index in [0.29, 0.717) is 27.6 Å². The molecule has 0 atom stereocenters. The fourth-order valence-corrected chi connectivity index (χ4v) is 2.17. The average Bonchev–Trinajstić information content (AvgIpc) is 2.77. The smallest absolute Gasteiger partial charge is 0.238 e. The maximum atomic E-state index is 13.4. The lowest BCUT2D eigenvalue weighted by atomic mass is 10.1. The lowest BCUT2D eigenvalue weighted by molar-refractivity contribution is -0.115. The summed E-state index contributed by atoms with van der Waals surface area (Å²) >= 11 is 0. The Labute approximate surface area is 113 Å². The molecule has 0 radical (unpaired) electrons. The molecule has 4 nitrogen and oxygen atoms in total. The number of rotatable bonds is 2. The number of nitrogens with zero attached hydrogens (tertiary/aromatic N) is 1. The van der Waals surface area contributed by atoms with Gasteiger partial charge in [0.1, 0.15) is 23.4 Å². The maximum absolute atomic E-state index is 13.4. The van der Waals surface area contributed by atoms with Gasteiger partial charge in [0.15, 0.2) is 0 Å². The fraction of sp³-hybridized carbons (Fsp3) is 0.0667. The van der Waals surface area contributed by atoms with Gasteiger partial charge in [0, 0.05) is 5.39 Å². The molecule has 0 fully saturated rings. The van der Waals surface area contributed by atoms with Crippen LogP contribution in [0.1, 0.15) is 6.42 Å². The number of amides is 1. The molecule has 98 valence electrons. The summed E-state index contributed by atoms with van der Waals surface area (Å²) in [5, 5.41) is 12.4. The largest absolute Gasteiger partial charge is 0.456 e. The quantitative estimate of drug-likeness (QED) is 0.772. The second kappa shape index (κ2) is 4.67. The Morgan fingerprint density at radius 2 is 2.15 bits per heavy atom. The first kappa shape index (κ1) is 12.2. The zero-order valence-electron chi connectivity index (χ0n) is 10.3. The molecule has 1 heterocycles. The summed E-state index contributed by atoms with van der Waals surface area (Å²) in [5.41, 5.74) is 1.61. The zero-order valence-corrected chi connectivity index (χ0v) is 10.3. The highest BCUT2D eigenvalue weighted by Crippen LogP contribution is 2.34. The van der Waals surface area contributed by atoms with Crippen LogP contribution in [0.4, 0.5) is 10.1 Å². The van der Waals surface area contributed by atoms with Gasteiger partial charge in [0.25, 0.3) is 0 Å². The number of hydrogen-bond donors (Lipinski definition) is 1. The molecule has 0 aliphatic rings. The van der Waals surface area contributed by atoms with Crippen molar-refractivity contribution in [3.8, 4) is 6.07 Å². The number of carbonyl (C=O) groups is 1. The Bertz CT molecular complexity index is 861. The van der Waals surface area contributed by atoms with Crippen molar-refractivity contribution in [3.05, 3.63) is 42.2 Å². The van der Waals surface area contributed by atoms with Crippen molar-refractivity contribution in [2.45, 2.75) is 6.42 Å². The van der Waals surface area contributed by atoms with Gasteiger partial charge >= 0.3 is 0 Å². The molecule has 1 amide bonds. The molecular weight excluding hydrogens is 259 g/mol. The summed E-state index contributed by atoms with van der Waals surface area (Å²) in [6, 6.07) is 11.2. The van der Waals surface area contributed by atoms with E-state index in [1.165, 1.54) is 12.1 Å². The van der Waals surface area contributed by atoms with Crippen molar-refractivity contribution < 1.29 is 13.6 Å². The highest BCUT2D eigenvalue weighted by molar-refractivity contribution is 6.14. The van der Waals surface area contributed by atoms with Crippen LogP contribution in [-0.4, -0.2) is 5.91 Å². The monoisotopic (exact) mass is 268 g/mol. The molecule has 0 aliphatic heterocycles. The number of halogens is 1. The Morgan fingerprint density at radius 3 is 2.95 bits per heavy atom. The molecule has 3 rings (SSSR count). The molecule has 5 heteroatoms. The van der Waals surface area contributed by atoms with E-state index in [-0.39, 0.29) is 12.2 Å². The van der Waals surface area contributed by atoms with Crippen LogP contribution in [0.15, 0.2) is 40.8 Å². The number of benzene rings is 2. The molecule has 2 aromatic carbocycles. The summed E-state index contributed by atoms with van der Waals surface area (Å²) in [6.07, 6.45) is -0.236. The molecule has 0 spiro atoms. The summed E-state index contributed by atoms with van der Waals surface area (Å²) in [6.45, 7) is 0. The van der Waals surface area contributed by atoms with E-state index in [0.717, 1.165) is 0 Å². The van der Waals surface area contributed by atoms with Gasteiger partial charge < -0.3 is 9.73 Å². The highest BCUT2D eigenvalue weighted by Gasteiger charge is 2.13. The van der Waals surface area contributed by atoms with Crippen LogP contribution >= 0.6 is 0 Å². The van der Waals surface area contributed by atoms with Gasteiger partial charge in [-0.15, -0.1) is 0 Å². The first-order valence-corrected chi connectivity index (χ1v) is 5.96. The van der Waals surface area contributed by atoms with Crippen molar-refractivity contribution >= 4 is 33.5 Å². The van der Waals surface area contributed by atoms with Crippen molar-refractivity contribution in [3.63, 3.8) is 0 Å². The van der Waals surface area contributed by atoms with Gasteiger partial charge in [-0.3, -0.25) is 4.79 Å². The van der Waals surface area contributed by atoms with E-state index >= 15 is 0 Å². The van der Waals surface area contributed by atoms with Crippen molar-refractivity contribution in [2.75, 3.05) is 5.32 Å². The number of carbonyl (C=O) groups excluding carboxylic acids is 1. The first-order valence-electron chi connectivity index (χ1n) is 5.96. The average molecular weight is 268 g/mol. The van der Waals surface area contributed by atoms with E-state index < -0.39 is 5.91 Å². The van der Waals surface area contributed by atoms with Crippen LogP contribution in [0.25, 0.3) is 21.9 Å². The Morgan fingerprint density at radius 1 is 1.30 bits per heavy atom. The standard InChI is InChI=1S/C15H9FN2O2/c16-9-4-5-12-10(8-9)15-11(18-14(19)6-7-17)2-1-3-13(15)20-12/h1-5,8H,6H2,(H,18,19). The van der Waals surface area contributed by atoms with Crippen molar-refractivity contribution in [1.82, 2.24) is 0 Å². The van der Waals surface area contributed by atoms with Gasteiger partial charge in [0.2, 0.25) is 5.91 Å². The summed E-state index contributed by atoms with van der Waals surface area (Å²) in [4.78, 5) is 11.5. The molecule has 1 aromatic heterocycles. The van der Waals surface area contributed by atoms with Gasteiger partial charge in [-0.25, -0.2) is 4.39 Å². The molecule has 0 bridgehead atoms. The minimum absolute atomic E-state index is 0.236. The number of hydrogen-bond acceptors (Lipinski definition) is 3. The van der Waals surface area contributed by atoms with Gasteiger partial charge in [-0.1, -0.05) is 6.07 Å². The third kappa shape index (κ3) is 1.97. The highest BCUT2D eigenvalue weighted by atomic mass is 19.1. The lowest BCUT2D eigenvalue weighted by Gasteiger charge is -2.04. The molecule has 0 aliphatic carbocycles. The molecule has 3 aromatic rings. The molecule has 0 saturated heterocycles. The van der Waals surface area contributed by atoms with Crippen LogP contribution in [-0.2, 0) is 4.79 Å². The number of nitriles is 1. The molecule has 0 saturated carbocycles. The molecular formula is C15H9FN2O2. The third-order valence-electron chi connectivity index (χ3n) is 2.97. The van der Waals surface area contributed by atoms with Gasteiger partial charge in [0.05, 0.1) is 17.1 Å². The zero-order chi connectivity index (χ0) is 14.1. The van der Waals surface area contributed by atoms with E-state index in [1.807, 2.05) is 0 Å². The normalized spacial score (nSPS) is 10.6. The second-order valence-corrected chi connectivity index (χ2v) is 4.30. The second-order valence-electron chi connectivity index (χ2n) is 4.30. The number of fused-ring (bicyclic) bond motifs is 3. The van der Waals surface area contributed by atoms with Gasteiger partial charge in [-0.2, -0.15) is 5.26 Å². The fourth-order valence-electron chi connectivity index (χ4n) is 2.17. The number of nitrogens with one attached hydrogen (secondary N) is 1. The van der Waals surface area contributed by atoms with Crippen LogP contribution in [0.3, 0.4) is 0 Å². The topological polar surface area (TPSA) is 66.0 Å². The van der Waals surface area contributed by atoms with E-state index in [4.69, 9.17) is 9.68 Å². The minimum Gasteiger partial charge on any atom is -0.456 e. The molecule has 20 heavy (non-hydrogen) atoms. The number of furan rings is 1. The van der Waals surface area contributed by atoms with Gasteiger partial charge in [-0.05, 0) is 30.3 Å². The summed E-state index contributed by atoms with van der Waals surface area (Å²) in [7, 11) is 0. The number of anilines is 1. The lowest BCUT2D eigenvalue weighted by Crippen LogP contribution is -2.10. The van der Waals surface area contributed by atoms with Crippen molar-refractivity contribution in [2.24, 2.45) is 0 Å². The predicted octanol–water partition coefficient (Wildman–Crippen LogP) is 3.58. The van der Waals surface area contributed by atoms with Crippen LogP contribution in [0.2, 0.25) is 0 Å². The first-order chi connectivity index (χ1) is 9.69. The molecule has 1 N–H and O–H groups in total. The van der Waals surface area contributed by atoms with Crippen LogP contribution in [0, 0.1) is 17.1 Å². The maximum Gasteiger partial charge on any atom is 0.238 e. The van der Waals surface area contributed by atoms with Crippen LogP contribution < -0.4 is 5.32 Å². The summed E-state index contributed by atoms with van der Waals surface area (Å²) < 4.78 is 19.0. The third-order valence-corrected chi connectivity index (χ3v) is 2.97.